The highest BCUT2D eigenvalue weighted by Crippen LogP contribution is 2.18. The summed E-state index contributed by atoms with van der Waals surface area (Å²) in [5.41, 5.74) is 2.62. The fraction of sp³-hybridized carbons (Fsp3) is 0.476. The summed E-state index contributed by atoms with van der Waals surface area (Å²) in [6, 6.07) is 12.5. The summed E-state index contributed by atoms with van der Waals surface area (Å²) in [6.45, 7) is 6.90. The molecule has 2 amide bonds. The van der Waals surface area contributed by atoms with E-state index in [9.17, 15) is 4.79 Å². The number of hydrogen-bond acceptors (Lipinski definition) is 4. The average molecular weight is 370 g/mol. The fourth-order valence-corrected chi connectivity index (χ4v) is 3.49. The standard InChI is InChI=1S/C21H30N4O2/c1-17-6-4-7-18(14-17)16-24-9-11-25(12-10-24)21(26)22-15-19(23(2)3)20-8-5-13-27-20/h4-8,13-14,19H,9-12,15-16H2,1-3H3,(H,22,26). The molecule has 1 N–H and O–H groups in total. The molecule has 3 rings (SSSR count). The number of benzene rings is 1. The molecule has 1 fully saturated rings. The van der Waals surface area contributed by atoms with Crippen LogP contribution in [0.5, 0.6) is 0 Å². The maximum atomic E-state index is 12.6. The van der Waals surface area contributed by atoms with Gasteiger partial charge in [0.05, 0.1) is 12.3 Å². The molecular formula is C21H30N4O2. The Morgan fingerprint density at radius 3 is 2.59 bits per heavy atom. The smallest absolute Gasteiger partial charge is 0.317 e. The minimum atomic E-state index is 0.00334. The molecule has 1 aliphatic heterocycles. The maximum absolute atomic E-state index is 12.6. The van der Waals surface area contributed by atoms with Gasteiger partial charge in [-0.3, -0.25) is 9.80 Å². The van der Waals surface area contributed by atoms with Crippen molar-refractivity contribution in [2.45, 2.75) is 19.5 Å². The van der Waals surface area contributed by atoms with E-state index < -0.39 is 0 Å². The normalized spacial score (nSPS) is 16.5. The fourth-order valence-electron chi connectivity index (χ4n) is 3.49. The number of nitrogens with zero attached hydrogens (tertiary/aromatic N) is 3. The van der Waals surface area contributed by atoms with Crippen molar-refractivity contribution in [3.8, 4) is 0 Å². The summed E-state index contributed by atoms with van der Waals surface area (Å²) in [7, 11) is 3.98. The van der Waals surface area contributed by atoms with E-state index in [2.05, 4.69) is 46.3 Å². The molecule has 0 spiro atoms. The Bertz CT molecular complexity index is 722. The van der Waals surface area contributed by atoms with E-state index in [1.54, 1.807) is 6.26 Å². The van der Waals surface area contributed by atoms with E-state index >= 15 is 0 Å². The van der Waals surface area contributed by atoms with Gasteiger partial charge in [0.25, 0.3) is 0 Å². The Hall–Kier alpha value is -2.31. The Morgan fingerprint density at radius 2 is 1.96 bits per heavy atom. The molecule has 146 valence electrons. The van der Waals surface area contributed by atoms with Crippen molar-refractivity contribution in [1.82, 2.24) is 20.0 Å². The maximum Gasteiger partial charge on any atom is 0.317 e. The number of carbonyl (C=O) groups is 1. The summed E-state index contributed by atoms with van der Waals surface area (Å²) >= 11 is 0. The second-order valence-corrected chi connectivity index (χ2v) is 7.43. The van der Waals surface area contributed by atoms with E-state index in [0.29, 0.717) is 6.54 Å². The van der Waals surface area contributed by atoms with Crippen molar-refractivity contribution in [3.05, 3.63) is 59.5 Å². The van der Waals surface area contributed by atoms with Crippen molar-refractivity contribution in [1.29, 1.82) is 0 Å². The van der Waals surface area contributed by atoms with Gasteiger partial charge in [-0.05, 0) is 38.7 Å². The average Bonchev–Trinajstić information content (AvgIpc) is 3.16. The van der Waals surface area contributed by atoms with E-state index in [-0.39, 0.29) is 12.1 Å². The van der Waals surface area contributed by atoms with Gasteiger partial charge in [0, 0.05) is 39.3 Å². The van der Waals surface area contributed by atoms with Gasteiger partial charge < -0.3 is 14.6 Å². The molecule has 1 aromatic heterocycles. The molecule has 2 aromatic rings. The molecular weight excluding hydrogens is 340 g/mol. The van der Waals surface area contributed by atoms with E-state index in [0.717, 1.165) is 38.5 Å². The molecule has 0 radical (unpaired) electrons. The molecule has 1 aromatic carbocycles. The molecule has 1 atom stereocenters. The Morgan fingerprint density at radius 1 is 1.19 bits per heavy atom. The minimum absolute atomic E-state index is 0.00334. The Balaban J connectivity index is 1.45. The van der Waals surface area contributed by atoms with Crippen molar-refractivity contribution in [2.24, 2.45) is 0 Å². The van der Waals surface area contributed by atoms with Gasteiger partial charge in [-0.15, -0.1) is 0 Å². The molecule has 6 heteroatoms. The van der Waals surface area contributed by atoms with Crippen LogP contribution < -0.4 is 5.32 Å². The molecule has 0 bridgehead atoms. The van der Waals surface area contributed by atoms with Crippen molar-refractivity contribution in [3.63, 3.8) is 0 Å². The summed E-state index contributed by atoms with van der Waals surface area (Å²) in [6.07, 6.45) is 1.67. The Labute approximate surface area is 161 Å². The predicted octanol–water partition coefficient (Wildman–Crippen LogP) is 2.72. The molecule has 0 saturated carbocycles. The zero-order valence-corrected chi connectivity index (χ0v) is 16.5. The van der Waals surface area contributed by atoms with Crippen LogP contribution in [0.1, 0.15) is 22.9 Å². The topological polar surface area (TPSA) is 52.0 Å². The third kappa shape index (κ3) is 5.34. The number of rotatable bonds is 6. The van der Waals surface area contributed by atoms with Crippen LogP contribution in [0.3, 0.4) is 0 Å². The van der Waals surface area contributed by atoms with Crippen LogP contribution >= 0.6 is 0 Å². The quantitative estimate of drug-likeness (QED) is 0.850. The van der Waals surface area contributed by atoms with Gasteiger partial charge in [0.2, 0.25) is 0 Å². The first kappa shape index (κ1) is 19.5. The number of aryl methyl sites for hydroxylation is 1. The third-order valence-electron chi connectivity index (χ3n) is 5.09. The van der Waals surface area contributed by atoms with Crippen LogP contribution in [0.25, 0.3) is 0 Å². The number of urea groups is 1. The highest BCUT2D eigenvalue weighted by molar-refractivity contribution is 5.74. The van der Waals surface area contributed by atoms with Gasteiger partial charge >= 0.3 is 6.03 Å². The van der Waals surface area contributed by atoms with Gasteiger partial charge in [-0.25, -0.2) is 4.79 Å². The van der Waals surface area contributed by atoms with E-state index in [1.165, 1.54) is 11.1 Å². The molecule has 1 aliphatic rings. The number of nitrogens with one attached hydrogen (secondary N) is 1. The van der Waals surface area contributed by atoms with Crippen LogP contribution in [0, 0.1) is 6.92 Å². The first-order chi connectivity index (χ1) is 13.0. The van der Waals surface area contributed by atoms with E-state index in [4.69, 9.17) is 4.42 Å². The SMILES string of the molecule is Cc1cccc(CN2CCN(C(=O)NCC(c3ccco3)N(C)C)CC2)c1. The van der Waals surface area contributed by atoms with Gasteiger partial charge in [-0.2, -0.15) is 0 Å². The lowest BCUT2D eigenvalue weighted by molar-refractivity contribution is 0.133. The highest BCUT2D eigenvalue weighted by atomic mass is 16.3. The van der Waals surface area contributed by atoms with E-state index in [1.807, 2.05) is 31.1 Å². The van der Waals surface area contributed by atoms with Crippen molar-refractivity contribution in [2.75, 3.05) is 46.8 Å². The molecule has 2 heterocycles. The minimum Gasteiger partial charge on any atom is -0.468 e. The number of furan rings is 1. The summed E-state index contributed by atoms with van der Waals surface area (Å²) < 4.78 is 5.50. The first-order valence-electron chi connectivity index (χ1n) is 9.53. The number of amides is 2. The second-order valence-electron chi connectivity index (χ2n) is 7.43. The number of likely N-dealkylation sites (N-methyl/N-ethyl adjacent to an activating group) is 1. The lowest BCUT2D eigenvalue weighted by atomic mass is 10.1. The monoisotopic (exact) mass is 370 g/mol. The first-order valence-corrected chi connectivity index (χ1v) is 9.53. The zero-order chi connectivity index (χ0) is 19.2. The molecule has 0 aliphatic carbocycles. The summed E-state index contributed by atoms with van der Waals surface area (Å²) in [4.78, 5) is 18.9. The third-order valence-corrected chi connectivity index (χ3v) is 5.09. The van der Waals surface area contributed by atoms with Crippen LogP contribution in [-0.4, -0.2) is 67.5 Å². The molecule has 6 nitrogen and oxygen atoms in total. The lowest BCUT2D eigenvalue weighted by Gasteiger charge is -2.35. The summed E-state index contributed by atoms with van der Waals surface area (Å²) in [5.74, 6) is 0.864. The number of carbonyl (C=O) groups excluding carboxylic acids is 1. The number of piperazine rings is 1. The molecule has 1 unspecified atom stereocenters. The van der Waals surface area contributed by atoms with Crippen molar-refractivity contribution < 1.29 is 9.21 Å². The van der Waals surface area contributed by atoms with Crippen molar-refractivity contribution >= 4 is 6.03 Å². The van der Waals surface area contributed by atoms with Crippen LogP contribution in [0.2, 0.25) is 0 Å². The van der Waals surface area contributed by atoms with Gasteiger partial charge in [0.15, 0.2) is 0 Å². The Kier molecular flexibility index (Phi) is 6.53. The zero-order valence-electron chi connectivity index (χ0n) is 16.5. The van der Waals surface area contributed by atoms with Crippen LogP contribution in [0.4, 0.5) is 4.79 Å². The lowest BCUT2D eigenvalue weighted by Crippen LogP contribution is -2.52. The van der Waals surface area contributed by atoms with Crippen LogP contribution in [-0.2, 0) is 6.54 Å². The molecule has 1 saturated heterocycles. The van der Waals surface area contributed by atoms with Gasteiger partial charge in [-0.1, -0.05) is 29.8 Å². The highest BCUT2D eigenvalue weighted by Gasteiger charge is 2.23. The largest absolute Gasteiger partial charge is 0.468 e. The molecule has 27 heavy (non-hydrogen) atoms. The van der Waals surface area contributed by atoms with Crippen LogP contribution in [0.15, 0.2) is 47.1 Å². The van der Waals surface area contributed by atoms with Gasteiger partial charge in [0.1, 0.15) is 5.76 Å². The predicted molar refractivity (Wildman–Crippen MR) is 107 cm³/mol. The number of hydrogen-bond donors (Lipinski definition) is 1. The second kappa shape index (κ2) is 9.06. The summed E-state index contributed by atoms with van der Waals surface area (Å²) in [5, 5.41) is 3.06.